The standard InChI is InChI=1S/C13H18N4O3/c1-10(14)13(18)16-8-6-15(7-9-16)11-4-2-3-5-12(11)17(19)20/h2-5,10H,6-9,14H2,1H3/t10-/m1/s1. The molecule has 1 aliphatic heterocycles. The number of rotatable bonds is 3. The Labute approximate surface area is 117 Å². The van der Waals surface area contributed by atoms with E-state index in [1.54, 1.807) is 30.0 Å². The third kappa shape index (κ3) is 2.88. The summed E-state index contributed by atoms with van der Waals surface area (Å²) in [5.74, 6) is -0.0767. The monoisotopic (exact) mass is 278 g/mol. The van der Waals surface area contributed by atoms with Gasteiger partial charge in [-0.3, -0.25) is 14.9 Å². The molecule has 0 bridgehead atoms. The van der Waals surface area contributed by atoms with E-state index in [0.717, 1.165) is 0 Å². The van der Waals surface area contributed by atoms with Crippen LogP contribution in [0, 0.1) is 10.1 Å². The van der Waals surface area contributed by atoms with Crippen molar-refractivity contribution in [2.75, 3.05) is 31.1 Å². The van der Waals surface area contributed by atoms with Gasteiger partial charge in [-0.05, 0) is 13.0 Å². The fourth-order valence-electron chi connectivity index (χ4n) is 2.34. The first-order chi connectivity index (χ1) is 9.50. The first kappa shape index (κ1) is 14.3. The van der Waals surface area contributed by atoms with Crippen LogP contribution in [0.2, 0.25) is 0 Å². The Morgan fingerprint density at radius 2 is 1.90 bits per heavy atom. The van der Waals surface area contributed by atoms with Crippen molar-refractivity contribution in [2.45, 2.75) is 13.0 Å². The average Bonchev–Trinajstić information content (AvgIpc) is 2.46. The molecule has 0 unspecified atom stereocenters. The predicted octanol–water partition coefficient (Wildman–Crippen LogP) is 0.591. The van der Waals surface area contributed by atoms with Crippen molar-refractivity contribution in [2.24, 2.45) is 5.73 Å². The summed E-state index contributed by atoms with van der Waals surface area (Å²) in [7, 11) is 0. The fraction of sp³-hybridized carbons (Fsp3) is 0.462. The van der Waals surface area contributed by atoms with E-state index in [4.69, 9.17) is 5.73 Å². The van der Waals surface area contributed by atoms with Crippen LogP contribution >= 0.6 is 0 Å². The van der Waals surface area contributed by atoms with Crippen LogP contribution in [-0.4, -0.2) is 48.0 Å². The van der Waals surface area contributed by atoms with E-state index in [-0.39, 0.29) is 16.5 Å². The minimum absolute atomic E-state index is 0.0767. The van der Waals surface area contributed by atoms with Gasteiger partial charge in [0.25, 0.3) is 5.69 Å². The molecule has 1 atom stereocenters. The van der Waals surface area contributed by atoms with Crippen LogP contribution in [0.4, 0.5) is 11.4 Å². The molecule has 20 heavy (non-hydrogen) atoms. The maximum atomic E-state index is 11.8. The predicted molar refractivity (Wildman–Crippen MR) is 75.5 cm³/mol. The van der Waals surface area contributed by atoms with Gasteiger partial charge in [-0.1, -0.05) is 12.1 Å². The summed E-state index contributed by atoms with van der Waals surface area (Å²) in [5, 5.41) is 11.0. The number of para-hydroxylation sites is 2. The number of piperazine rings is 1. The van der Waals surface area contributed by atoms with Gasteiger partial charge in [0, 0.05) is 32.2 Å². The van der Waals surface area contributed by atoms with Crippen LogP contribution in [-0.2, 0) is 4.79 Å². The minimum atomic E-state index is -0.507. The molecule has 1 heterocycles. The normalized spacial score (nSPS) is 16.9. The summed E-state index contributed by atoms with van der Waals surface area (Å²) in [6, 6.07) is 6.16. The molecule has 7 heteroatoms. The molecule has 1 aliphatic rings. The lowest BCUT2D eigenvalue weighted by molar-refractivity contribution is -0.384. The summed E-state index contributed by atoms with van der Waals surface area (Å²) in [6.45, 7) is 3.88. The molecule has 0 saturated carbocycles. The van der Waals surface area contributed by atoms with E-state index in [1.165, 1.54) is 6.07 Å². The molecule has 108 valence electrons. The lowest BCUT2D eigenvalue weighted by Gasteiger charge is -2.36. The highest BCUT2D eigenvalue weighted by Crippen LogP contribution is 2.28. The van der Waals surface area contributed by atoms with Crippen LogP contribution in [0.5, 0.6) is 0 Å². The highest BCUT2D eigenvalue weighted by atomic mass is 16.6. The summed E-state index contributed by atoms with van der Waals surface area (Å²) in [5.41, 5.74) is 6.28. The van der Waals surface area contributed by atoms with Crippen molar-refractivity contribution in [3.63, 3.8) is 0 Å². The lowest BCUT2D eigenvalue weighted by atomic mass is 10.2. The van der Waals surface area contributed by atoms with Gasteiger partial charge in [0.05, 0.1) is 11.0 Å². The Balaban J connectivity index is 2.08. The zero-order chi connectivity index (χ0) is 14.7. The number of carbonyl (C=O) groups excluding carboxylic acids is 1. The molecule has 1 fully saturated rings. The Kier molecular flexibility index (Phi) is 4.19. The first-order valence-electron chi connectivity index (χ1n) is 6.53. The number of carbonyl (C=O) groups is 1. The van der Waals surface area contributed by atoms with Crippen LogP contribution in [0.3, 0.4) is 0 Å². The van der Waals surface area contributed by atoms with Crippen LogP contribution < -0.4 is 10.6 Å². The van der Waals surface area contributed by atoms with Crippen molar-refractivity contribution in [3.05, 3.63) is 34.4 Å². The van der Waals surface area contributed by atoms with Gasteiger partial charge in [0.2, 0.25) is 5.91 Å². The number of hydrogen-bond donors (Lipinski definition) is 1. The van der Waals surface area contributed by atoms with Crippen LogP contribution in [0.15, 0.2) is 24.3 Å². The minimum Gasteiger partial charge on any atom is -0.362 e. The van der Waals surface area contributed by atoms with E-state index >= 15 is 0 Å². The van der Waals surface area contributed by atoms with E-state index < -0.39 is 6.04 Å². The second-order valence-electron chi connectivity index (χ2n) is 4.85. The van der Waals surface area contributed by atoms with Crippen molar-refractivity contribution in [3.8, 4) is 0 Å². The van der Waals surface area contributed by atoms with Gasteiger partial charge in [0.15, 0.2) is 0 Å². The summed E-state index contributed by atoms with van der Waals surface area (Å²) in [6.07, 6.45) is 0. The molecule has 0 spiro atoms. The number of amides is 1. The molecule has 0 radical (unpaired) electrons. The number of nitrogens with zero attached hydrogens (tertiary/aromatic N) is 3. The Hall–Kier alpha value is -2.15. The molecule has 0 aliphatic carbocycles. The molecular formula is C13H18N4O3. The number of nitrogens with two attached hydrogens (primary N) is 1. The van der Waals surface area contributed by atoms with Gasteiger partial charge in [-0.2, -0.15) is 0 Å². The maximum Gasteiger partial charge on any atom is 0.292 e. The van der Waals surface area contributed by atoms with Crippen LogP contribution in [0.25, 0.3) is 0 Å². The number of benzene rings is 1. The molecule has 1 amide bonds. The topological polar surface area (TPSA) is 92.7 Å². The molecule has 2 N–H and O–H groups in total. The van der Waals surface area contributed by atoms with Gasteiger partial charge in [0.1, 0.15) is 5.69 Å². The van der Waals surface area contributed by atoms with Gasteiger partial charge in [-0.25, -0.2) is 0 Å². The quantitative estimate of drug-likeness (QED) is 0.645. The van der Waals surface area contributed by atoms with Crippen LogP contribution in [0.1, 0.15) is 6.92 Å². The fourth-order valence-corrected chi connectivity index (χ4v) is 2.34. The molecule has 0 aromatic heterocycles. The van der Waals surface area contributed by atoms with Gasteiger partial charge < -0.3 is 15.5 Å². The molecule has 2 rings (SSSR count). The molecular weight excluding hydrogens is 260 g/mol. The van der Waals surface area contributed by atoms with E-state index in [1.807, 2.05) is 4.90 Å². The largest absolute Gasteiger partial charge is 0.362 e. The van der Waals surface area contributed by atoms with Crippen molar-refractivity contribution in [1.29, 1.82) is 0 Å². The Morgan fingerprint density at radius 1 is 1.30 bits per heavy atom. The Bertz CT molecular complexity index is 510. The first-order valence-corrected chi connectivity index (χ1v) is 6.53. The summed E-state index contributed by atoms with van der Waals surface area (Å²) in [4.78, 5) is 26.1. The number of nitro groups is 1. The maximum absolute atomic E-state index is 11.8. The van der Waals surface area contributed by atoms with Crippen molar-refractivity contribution in [1.82, 2.24) is 4.90 Å². The van der Waals surface area contributed by atoms with Crippen molar-refractivity contribution < 1.29 is 9.72 Å². The highest BCUT2D eigenvalue weighted by Gasteiger charge is 2.26. The number of anilines is 1. The number of nitro benzene ring substituents is 1. The zero-order valence-electron chi connectivity index (χ0n) is 11.4. The molecule has 1 aromatic carbocycles. The summed E-state index contributed by atoms with van der Waals surface area (Å²) < 4.78 is 0. The second-order valence-corrected chi connectivity index (χ2v) is 4.85. The molecule has 7 nitrogen and oxygen atoms in total. The van der Waals surface area contributed by atoms with Gasteiger partial charge >= 0.3 is 0 Å². The second kappa shape index (κ2) is 5.87. The lowest BCUT2D eigenvalue weighted by Crippen LogP contribution is -2.52. The van der Waals surface area contributed by atoms with E-state index in [0.29, 0.717) is 31.9 Å². The third-order valence-corrected chi connectivity index (χ3v) is 3.40. The summed E-state index contributed by atoms with van der Waals surface area (Å²) >= 11 is 0. The van der Waals surface area contributed by atoms with Gasteiger partial charge in [-0.15, -0.1) is 0 Å². The van der Waals surface area contributed by atoms with E-state index in [9.17, 15) is 14.9 Å². The Morgan fingerprint density at radius 3 is 2.45 bits per heavy atom. The van der Waals surface area contributed by atoms with E-state index in [2.05, 4.69) is 0 Å². The third-order valence-electron chi connectivity index (χ3n) is 3.40. The number of hydrogen-bond acceptors (Lipinski definition) is 5. The highest BCUT2D eigenvalue weighted by molar-refractivity contribution is 5.81. The average molecular weight is 278 g/mol. The smallest absolute Gasteiger partial charge is 0.292 e. The molecule has 1 aromatic rings. The molecule has 1 saturated heterocycles. The zero-order valence-corrected chi connectivity index (χ0v) is 11.4. The SMILES string of the molecule is C[C@@H](N)C(=O)N1CCN(c2ccccc2[N+](=O)[O-])CC1. The van der Waals surface area contributed by atoms with Crippen molar-refractivity contribution >= 4 is 17.3 Å².